The number of rotatable bonds is 11. The summed E-state index contributed by atoms with van der Waals surface area (Å²) < 4.78 is 27.4. The summed E-state index contributed by atoms with van der Waals surface area (Å²) in [6, 6.07) is 10.6. The van der Waals surface area contributed by atoms with Gasteiger partial charge in [-0.05, 0) is 68.5 Å². The van der Waals surface area contributed by atoms with Gasteiger partial charge in [0.2, 0.25) is 0 Å². The van der Waals surface area contributed by atoms with Crippen LogP contribution in [-0.2, 0) is 19.1 Å². The Balaban J connectivity index is 1.75. The maximum absolute atomic E-state index is 13.9. The zero-order valence-corrected chi connectivity index (χ0v) is 23.7. The number of benzene rings is 2. The Morgan fingerprint density at radius 1 is 0.950 bits per heavy atom. The number of allylic oxidation sites excluding steroid dienone is 2. The van der Waals surface area contributed by atoms with Crippen molar-refractivity contribution >= 4 is 17.5 Å². The molecule has 214 valence electrons. The summed E-state index contributed by atoms with van der Waals surface area (Å²) in [6.07, 6.45) is 0.773. The van der Waals surface area contributed by atoms with E-state index in [9.17, 15) is 14.7 Å². The Kier molecular flexibility index (Phi) is 9.47. The SMILES string of the molecule is CCOCCOC(=O)C1C(C)=NC2=C(C(=O)C[C@H](c3ccc(OC)c(OC)c3)C2)[C@@H]1c1ccc(O)c(OCC)c1. The molecule has 0 radical (unpaired) electrons. The quantitative estimate of drug-likeness (QED) is 0.308. The molecule has 0 spiro atoms. The smallest absolute Gasteiger partial charge is 0.315 e. The van der Waals surface area contributed by atoms with Crippen LogP contribution in [0.15, 0.2) is 52.7 Å². The number of methoxy groups -OCH3 is 2. The number of ether oxygens (including phenoxy) is 5. The Labute approximate surface area is 234 Å². The van der Waals surface area contributed by atoms with Crippen molar-refractivity contribution in [3.8, 4) is 23.0 Å². The zero-order valence-electron chi connectivity index (χ0n) is 23.7. The monoisotopic (exact) mass is 551 g/mol. The van der Waals surface area contributed by atoms with Gasteiger partial charge in [-0.1, -0.05) is 12.1 Å². The molecule has 4 rings (SSSR count). The molecule has 40 heavy (non-hydrogen) atoms. The second kappa shape index (κ2) is 13.0. The van der Waals surface area contributed by atoms with Crippen molar-refractivity contribution in [3.63, 3.8) is 0 Å². The van der Waals surface area contributed by atoms with Crippen molar-refractivity contribution in [1.82, 2.24) is 0 Å². The van der Waals surface area contributed by atoms with Gasteiger partial charge in [-0.25, -0.2) is 0 Å². The molecule has 1 N–H and O–H groups in total. The van der Waals surface area contributed by atoms with Crippen molar-refractivity contribution < 1.29 is 38.4 Å². The van der Waals surface area contributed by atoms with Crippen molar-refractivity contribution in [3.05, 3.63) is 58.8 Å². The highest BCUT2D eigenvalue weighted by atomic mass is 16.6. The number of aliphatic imine (C=N–C) groups is 1. The van der Waals surface area contributed by atoms with Crippen LogP contribution >= 0.6 is 0 Å². The van der Waals surface area contributed by atoms with Crippen molar-refractivity contribution in [2.45, 2.75) is 45.4 Å². The molecule has 9 heteroatoms. The molecule has 0 fully saturated rings. The van der Waals surface area contributed by atoms with Crippen LogP contribution in [0.25, 0.3) is 0 Å². The van der Waals surface area contributed by atoms with E-state index in [0.717, 1.165) is 5.56 Å². The van der Waals surface area contributed by atoms with E-state index in [0.29, 0.717) is 53.7 Å². The number of hydrogen-bond donors (Lipinski definition) is 1. The summed E-state index contributed by atoms with van der Waals surface area (Å²) in [7, 11) is 3.16. The summed E-state index contributed by atoms with van der Waals surface area (Å²) >= 11 is 0. The van der Waals surface area contributed by atoms with E-state index in [1.165, 1.54) is 6.07 Å². The summed E-state index contributed by atoms with van der Waals surface area (Å²) in [6.45, 7) is 6.73. The van der Waals surface area contributed by atoms with Gasteiger partial charge in [0.15, 0.2) is 28.8 Å². The maximum atomic E-state index is 13.9. The van der Waals surface area contributed by atoms with Gasteiger partial charge in [-0.3, -0.25) is 14.6 Å². The van der Waals surface area contributed by atoms with Gasteiger partial charge in [-0.2, -0.15) is 0 Å². The number of hydrogen-bond acceptors (Lipinski definition) is 9. The fourth-order valence-electron chi connectivity index (χ4n) is 5.50. The second-order valence-electron chi connectivity index (χ2n) is 9.74. The molecule has 1 unspecified atom stereocenters. The van der Waals surface area contributed by atoms with E-state index >= 15 is 0 Å². The average molecular weight is 552 g/mol. The summed E-state index contributed by atoms with van der Waals surface area (Å²) in [5, 5.41) is 10.3. The number of ketones is 1. The van der Waals surface area contributed by atoms with E-state index in [-0.39, 0.29) is 42.8 Å². The number of Topliss-reactive ketones (excluding diaryl/α,β-unsaturated/α-hetero) is 1. The van der Waals surface area contributed by atoms with Crippen LogP contribution in [0.3, 0.4) is 0 Å². The number of phenolic OH excluding ortho intramolecular Hbond substituents is 1. The Morgan fingerprint density at radius 3 is 2.38 bits per heavy atom. The first-order chi connectivity index (χ1) is 19.3. The first-order valence-corrected chi connectivity index (χ1v) is 13.6. The van der Waals surface area contributed by atoms with Crippen molar-refractivity contribution in [2.75, 3.05) is 40.6 Å². The largest absolute Gasteiger partial charge is 0.504 e. The minimum atomic E-state index is -0.805. The molecule has 0 amide bonds. The van der Waals surface area contributed by atoms with E-state index < -0.39 is 17.8 Å². The second-order valence-corrected chi connectivity index (χ2v) is 9.74. The molecular formula is C31H37NO8. The van der Waals surface area contributed by atoms with Crippen LogP contribution in [0.2, 0.25) is 0 Å². The number of aromatic hydroxyl groups is 1. The lowest BCUT2D eigenvalue weighted by molar-refractivity contribution is -0.148. The predicted molar refractivity (Wildman–Crippen MR) is 150 cm³/mol. The first kappa shape index (κ1) is 29.1. The van der Waals surface area contributed by atoms with E-state index in [4.69, 9.17) is 28.7 Å². The summed E-state index contributed by atoms with van der Waals surface area (Å²) in [5.74, 6) is -0.626. The maximum Gasteiger partial charge on any atom is 0.315 e. The molecular weight excluding hydrogens is 514 g/mol. The topological polar surface area (TPSA) is 113 Å². The number of carbonyl (C=O) groups is 2. The molecule has 2 aromatic carbocycles. The van der Waals surface area contributed by atoms with Gasteiger partial charge in [0, 0.05) is 35.9 Å². The molecule has 9 nitrogen and oxygen atoms in total. The van der Waals surface area contributed by atoms with Gasteiger partial charge in [0.25, 0.3) is 0 Å². The highest BCUT2D eigenvalue weighted by molar-refractivity contribution is 6.09. The third-order valence-corrected chi connectivity index (χ3v) is 7.34. The molecule has 0 aromatic heterocycles. The first-order valence-electron chi connectivity index (χ1n) is 13.6. The van der Waals surface area contributed by atoms with Crippen LogP contribution in [0.4, 0.5) is 0 Å². The third kappa shape index (κ3) is 5.99. The van der Waals surface area contributed by atoms with Gasteiger partial charge >= 0.3 is 5.97 Å². The minimum Gasteiger partial charge on any atom is -0.504 e. The summed E-state index contributed by atoms with van der Waals surface area (Å²) in [5.41, 5.74) is 3.34. The fourth-order valence-corrected chi connectivity index (χ4v) is 5.50. The highest BCUT2D eigenvalue weighted by Crippen LogP contribution is 2.48. The lowest BCUT2D eigenvalue weighted by Crippen LogP contribution is -2.38. The normalized spacial score (nSPS) is 20.5. The number of carbonyl (C=O) groups excluding carboxylic acids is 2. The Morgan fingerprint density at radius 2 is 1.68 bits per heavy atom. The molecule has 1 heterocycles. The minimum absolute atomic E-state index is 0.0136. The third-order valence-electron chi connectivity index (χ3n) is 7.34. The summed E-state index contributed by atoms with van der Waals surface area (Å²) in [4.78, 5) is 32.1. The van der Waals surface area contributed by atoms with Crippen LogP contribution in [-0.4, -0.2) is 63.2 Å². The van der Waals surface area contributed by atoms with Gasteiger partial charge in [0.1, 0.15) is 12.5 Å². The highest BCUT2D eigenvalue weighted by Gasteiger charge is 2.45. The van der Waals surface area contributed by atoms with Gasteiger partial charge in [-0.15, -0.1) is 0 Å². The molecule has 0 saturated heterocycles. The van der Waals surface area contributed by atoms with Crippen molar-refractivity contribution in [1.29, 1.82) is 0 Å². The number of phenols is 1. The lowest BCUT2D eigenvalue weighted by Gasteiger charge is -2.36. The zero-order chi connectivity index (χ0) is 28.8. The fraction of sp³-hybridized carbons (Fsp3) is 0.452. The Hall–Kier alpha value is -3.85. The molecule has 2 aliphatic rings. The van der Waals surface area contributed by atoms with Crippen LogP contribution in [0.1, 0.15) is 56.6 Å². The van der Waals surface area contributed by atoms with E-state index in [2.05, 4.69) is 0 Å². The standard InChI is InChI=1S/C31H37NO8/c1-6-38-12-13-40-31(35)28-18(3)32-22-14-21(19-9-11-25(36-4)27(16-19)37-5)15-24(34)30(22)29(28)20-8-10-23(33)26(17-20)39-7-2/h8-11,16-17,21,28-29,33H,6-7,12-15H2,1-5H3/t21-,28?,29-/m1/s1. The molecule has 0 saturated carbocycles. The molecule has 3 atom stereocenters. The van der Waals surface area contributed by atoms with Crippen LogP contribution in [0, 0.1) is 5.92 Å². The van der Waals surface area contributed by atoms with Gasteiger partial charge in [0.05, 0.1) is 27.4 Å². The Bertz CT molecular complexity index is 1310. The molecule has 1 aliphatic carbocycles. The van der Waals surface area contributed by atoms with E-state index in [1.807, 2.05) is 32.0 Å². The van der Waals surface area contributed by atoms with E-state index in [1.54, 1.807) is 33.3 Å². The lowest BCUT2D eigenvalue weighted by atomic mass is 9.69. The molecule has 0 bridgehead atoms. The van der Waals surface area contributed by atoms with Crippen LogP contribution in [0.5, 0.6) is 23.0 Å². The predicted octanol–water partition coefficient (Wildman–Crippen LogP) is 4.96. The average Bonchev–Trinajstić information content (AvgIpc) is 2.95. The number of nitrogens with zero attached hydrogens (tertiary/aromatic N) is 1. The number of esters is 1. The van der Waals surface area contributed by atoms with Gasteiger partial charge < -0.3 is 28.8 Å². The molecule has 2 aromatic rings. The van der Waals surface area contributed by atoms with Crippen LogP contribution < -0.4 is 14.2 Å². The molecule has 1 aliphatic heterocycles. The van der Waals surface area contributed by atoms with Crippen molar-refractivity contribution in [2.24, 2.45) is 10.9 Å².